The summed E-state index contributed by atoms with van der Waals surface area (Å²) in [4.78, 5) is 12.4. The fourth-order valence-electron chi connectivity index (χ4n) is 1.33. The third-order valence-electron chi connectivity index (χ3n) is 2.34. The van der Waals surface area contributed by atoms with E-state index in [1.807, 2.05) is 0 Å². The van der Waals surface area contributed by atoms with E-state index in [1.54, 1.807) is 0 Å². The Morgan fingerprint density at radius 2 is 1.94 bits per heavy atom. The number of carbonyl (C=O) groups excluding carboxylic acids is 1. The topological polar surface area (TPSA) is 80.5 Å². The standard InChI is InChI=1S/C11H15FN2O3S/c1-14(2)11(15)3-4-18(16,17)10-6-8(12)5-9(13)7-10/h5-7H,3-4,13H2,1-2H3. The van der Waals surface area contributed by atoms with Crippen molar-refractivity contribution in [3.63, 3.8) is 0 Å². The number of hydrogen-bond donors (Lipinski definition) is 1. The molecule has 0 fully saturated rings. The fourth-order valence-corrected chi connectivity index (χ4v) is 2.61. The highest BCUT2D eigenvalue weighted by molar-refractivity contribution is 7.91. The minimum absolute atomic E-state index is 0.0347. The Bertz CT molecular complexity index is 535. The summed E-state index contributed by atoms with van der Waals surface area (Å²) in [6.45, 7) is 0. The molecular weight excluding hydrogens is 259 g/mol. The quantitative estimate of drug-likeness (QED) is 0.818. The van der Waals surface area contributed by atoms with Crippen LogP contribution in [0.2, 0.25) is 0 Å². The SMILES string of the molecule is CN(C)C(=O)CCS(=O)(=O)c1cc(N)cc(F)c1. The molecule has 0 aliphatic carbocycles. The highest BCUT2D eigenvalue weighted by atomic mass is 32.2. The third kappa shape index (κ3) is 3.69. The van der Waals surface area contributed by atoms with Crippen LogP contribution in [-0.2, 0) is 14.6 Å². The van der Waals surface area contributed by atoms with Crippen LogP contribution in [0.5, 0.6) is 0 Å². The summed E-state index contributed by atoms with van der Waals surface area (Å²) in [5, 5.41) is 0. The molecule has 0 spiro atoms. The van der Waals surface area contributed by atoms with Gasteiger partial charge in [-0.25, -0.2) is 12.8 Å². The first-order valence-electron chi connectivity index (χ1n) is 5.21. The monoisotopic (exact) mass is 274 g/mol. The van der Waals surface area contributed by atoms with Gasteiger partial charge in [-0.1, -0.05) is 0 Å². The Labute approximate surface area is 105 Å². The van der Waals surface area contributed by atoms with Crippen molar-refractivity contribution in [1.82, 2.24) is 4.90 Å². The number of nitrogens with zero attached hydrogens (tertiary/aromatic N) is 1. The number of anilines is 1. The smallest absolute Gasteiger partial charge is 0.223 e. The Hall–Kier alpha value is -1.63. The van der Waals surface area contributed by atoms with Gasteiger partial charge in [0.25, 0.3) is 0 Å². The minimum Gasteiger partial charge on any atom is -0.399 e. The fraction of sp³-hybridized carbons (Fsp3) is 0.364. The predicted octanol–water partition coefficient (Wildman–Crippen LogP) is 0.660. The first kappa shape index (κ1) is 14.4. The Morgan fingerprint density at radius 3 is 2.44 bits per heavy atom. The van der Waals surface area contributed by atoms with Crippen LogP contribution in [0.3, 0.4) is 0 Å². The molecule has 0 bridgehead atoms. The zero-order valence-electron chi connectivity index (χ0n) is 10.2. The van der Waals surface area contributed by atoms with Crippen molar-refractivity contribution in [3.05, 3.63) is 24.0 Å². The summed E-state index contributed by atoms with van der Waals surface area (Å²) >= 11 is 0. The molecule has 1 rings (SSSR count). The summed E-state index contributed by atoms with van der Waals surface area (Å²) in [6, 6.07) is 3.11. The summed E-state index contributed by atoms with van der Waals surface area (Å²) < 4.78 is 36.8. The molecule has 1 aromatic rings. The van der Waals surface area contributed by atoms with E-state index in [0.717, 1.165) is 12.1 Å². The lowest BCUT2D eigenvalue weighted by atomic mass is 10.3. The maximum atomic E-state index is 13.1. The van der Waals surface area contributed by atoms with E-state index < -0.39 is 15.7 Å². The molecule has 0 saturated carbocycles. The number of carbonyl (C=O) groups is 1. The Balaban J connectivity index is 2.90. The van der Waals surface area contributed by atoms with Crippen molar-refractivity contribution >= 4 is 21.4 Å². The van der Waals surface area contributed by atoms with E-state index in [2.05, 4.69) is 0 Å². The van der Waals surface area contributed by atoms with Gasteiger partial charge in [-0.2, -0.15) is 0 Å². The van der Waals surface area contributed by atoms with Crippen LogP contribution in [0, 0.1) is 5.82 Å². The molecule has 100 valence electrons. The minimum atomic E-state index is -3.70. The van der Waals surface area contributed by atoms with Crippen LogP contribution in [0.15, 0.2) is 23.1 Å². The summed E-state index contributed by atoms with van der Waals surface area (Å²) in [7, 11) is -0.628. The molecule has 0 atom stereocenters. The summed E-state index contributed by atoms with van der Waals surface area (Å²) in [6.07, 6.45) is -0.147. The third-order valence-corrected chi connectivity index (χ3v) is 4.03. The maximum Gasteiger partial charge on any atom is 0.223 e. The second-order valence-electron chi connectivity index (χ2n) is 4.08. The van der Waals surface area contributed by atoms with E-state index in [-0.39, 0.29) is 28.7 Å². The van der Waals surface area contributed by atoms with Gasteiger partial charge in [0.15, 0.2) is 9.84 Å². The highest BCUT2D eigenvalue weighted by Gasteiger charge is 2.18. The molecule has 0 heterocycles. The van der Waals surface area contributed by atoms with Crippen molar-refractivity contribution in [2.24, 2.45) is 0 Å². The van der Waals surface area contributed by atoms with E-state index in [1.165, 1.54) is 25.1 Å². The number of rotatable bonds is 4. The molecule has 1 aromatic carbocycles. The number of hydrogen-bond acceptors (Lipinski definition) is 4. The van der Waals surface area contributed by atoms with Gasteiger partial charge in [-0.05, 0) is 18.2 Å². The Morgan fingerprint density at radius 1 is 1.33 bits per heavy atom. The largest absolute Gasteiger partial charge is 0.399 e. The molecule has 0 aliphatic rings. The zero-order chi connectivity index (χ0) is 13.9. The van der Waals surface area contributed by atoms with Gasteiger partial charge < -0.3 is 10.6 Å². The zero-order valence-corrected chi connectivity index (χ0v) is 11.0. The van der Waals surface area contributed by atoms with Crippen LogP contribution in [0.4, 0.5) is 10.1 Å². The van der Waals surface area contributed by atoms with Crippen molar-refractivity contribution in [2.45, 2.75) is 11.3 Å². The van der Waals surface area contributed by atoms with E-state index >= 15 is 0 Å². The van der Waals surface area contributed by atoms with Crippen molar-refractivity contribution in [3.8, 4) is 0 Å². The Kier molecular flexibility index (Phi) is 4.28. The number of amides is 1. The number of halogens is 1. The van der Waals surface area contributed by atoms with Gasteiger partial charge >= 0.3 is 0 Å². The molecule has 0 aliphatic heterocycles. The molecule has 0 aromatic heterocycles. The summed E-state index contributed by atoms with van der Waals surface area (Å²) in [5.41, 5.74) is 5.42. The van der Waals surface area contributed by atoms with Crippen molar-refractivity contribution in [2.75, 3.05) is 25.6 Å². The average Bonchev–Trinajstić information content (AvgIpc) is 2.24. The lowest BCUT2D eigenvalue weighted by Gasteiger charge is -2.10. The first-order chi connectivity index (χ1) is 8.22. The van der Waals surface area contributed by atoms with Gasteiger partial charge in [0.05, 0.1) is 10.6 Å². The normalized spacial score (nSPS) is 11.3. The molecule has 18 heavy (non-hydrogen) atoms. The van der Waals surface area contributed by atoms with E-state index in [9.17, 15) is 17.6 Å². The van der Waals surface area contributed by atoms with Crippen LogP contribution in [0.25, 0.3) is 0 Å². The molecule has 1 amide bonds. The number of benzene rings is 1. The first-order valence-corrected chi connectivity index (χ1v) is 6.86. The lowest BCUT2D eigenvalue weighted by Crippen LogP contribution is -2.24. The van der Waals surface area contributed by atoms with Crippen LogP contribution >= 0.6 is 0 Å². The van der Waals surface area contributed by atoms with E-state index in [0.29, 0.717) is 0 Å². The van der Waals surface area contributed by atoms with Gasteiger partial charge in [-0.3, -0.25) is 4.79 Å². The van der Waals surface area contributed by atoms with Gasteiger partial charge in [-0.15, -0.1) is 0 Å². The molecule has 5 nitrogen and oxygen atoms in total. The molecule has 0 saturated heterocycles. The van der Waals surface area contributed by atoms with Crippen LogP contribution < -0.4 is 5.73 Å². The lowest BCUT2D eigenvalue weighted by molar-refractivity contribution is -0.128. The second-order valence-corrected chi connectivity index (χ2v) is 6.19. The van der Waals surface area contributed by atoms with Crippen molar-refractivity contribution in [1.29, 1.82) is 0 Å². The second kappa shape index (κ2) is 5.34. The molecular formula is C11H15FN2O3S. The predicted molar refractivity (Wildman–Crippen MR) is 66.2 cm³/mol. The number of sulfone groups is 1. The maximum absolute atomic E-state index is 13.1. The van der Waals surface area contributed by atoms with Gasteiger partial charge in [0.1, 0.15) is 5.82 Å². The van der Waals surface area contributed by atoms with Gasteiger partial charge in [0.2, 0.25) is 5.91 Å². The highest BCUT2D eigenvalue weighted by Crippen LogP contribution is 2.17. The molecule has 0 radical (unpaired) electrons. The number of nitrogen functional groups attached to an aromatic ring is 1. The van der Waals surface area contributed by atoms with Crippen molar-refractivity contribution < 1.29 is 17.6 Å². The molecule has 0 unspecified atom stereocenters. The molecule has 7 heteroatoms. The molecule has 2 N–H and O–H groups in total. The average molecular weight is 274 g/mol. The van der Waals surface area contributed by atoms with Crippen LogP contribution in [-0.4, -0.2) is 39.1 Å². The van der Waals surface area contributed by atoms with Gasteiger partial charge in [0, 0.05) is 26.2 Å². The number of nitrogens with two attached hydrogens (primary N) is 1. The summed E-state index contributed by atoms with van der Waals surface area (Å²) in [5.74, 6) is -1.39. The van der Waals surface area contributed by atoms with Crippen LogP contribution in [0.1, 0.15) is 6.42 Å². The van der Waals surface area contributed by atoms with E-state index in [4.69, 9.17) is 5.73 Å².